The van der Waals surface area contributed by atoms with Gasteiger partial charge in [0.1, 0.15) is 5.75 Å². The molecule has 0 amide bonds. The van der Waals surface area contributed by atoms with Crippen LogP contribution in [0.1, 0.15) is 0 Å². The Hall–Kier alpha value is -1.13. The highest BCUT2D eigenvalue weighted by molar-refractivity contribution is 9.10. The first-order valence-corrected chi connectivity index (χ1v) is 6.28. The molecule has 16 heavy (non-hydrogen) atoms. The quantitative estimate of drug-likeness (QED) is 0.826. The molecule has 2 rings (SSSR count). The Morgan fingerprint density at radius 1 is 1.06 bits per heavy atom. The number of phenols is 1. The van der Waals surface area contributed by atoms with Crippen molar-refractivity contribution < 1.29 is 5.11 Å². The number of hydrogen-bond acceptors (Lipinski definition) is 3. The van der Waals surface area contributed by atoms with Crippen LogP contribution in [-0.2, 0) is 0 Å². The molecule has 0 saturated carbocycles. The number of phenolic OH excluding ortho intramolecular Hbond substituents is 1. The van der Waals surface area contributed by atoms with Crippen LogP contribution in [0.5, 0.6) is 5.75 Å². The van der Waals surface area contributed by atoms with Gasteiger partial charge in [-0.15, -0.1) is 0 Å². The van der Waals surface area contributed by atoms with E-state index in [1.807, 2.05) is 30.3 Å². The highest BCUT2D eigenvalue weighted by Gasteiger charge is 2.02. The van der Waals surface area contributed by atoms with Crippen molar-refractivity contribution in [3.05, 3.63) is 46.9 Å². The minimum Gasteiger partial charge on any atom is -0.508 e. The van der Waals surface area contributed by atoms with E-state index in [1.165, 1.54) is 0 Å². The molecule has 2 nitrogen and oxygen atoms in total. The Kier molecular flexibility index (Phi) is 3.41. The summed E-state index contributed by atoms with van der Waals surface area (Å²) in [5, 5.41) is 9.18. The van der Waals surface area contributed by atoms with E-state index >= 15 is 0 Å². The molecular weight excluding hydrogens is 286 g/mol. The number of benzene rings is 2. The topological polar surface area (TPSA) is 46.2 Å². The average molecular weight is 296 g/mol. The molecule has 0 fully saturated rings. The van der Waals surface area contributed by atoms with Crippen LogP contribution in [0, 0.1) is 0 Å². The van der Waals surface area contributed by atoms with Gasteiger partial charge < -0.3 is 10.8 Å². The lowest BCUT2D eigenvalue weighted by Gasteiger charge is -2.05. The third kappa shape index (κ3) is 2.71. The number of hydrogen-bond donors (Lipinski definition) is 2. The summed E-state index contributed by atoms with van der Waals surface area (Å²) in [6.45, 7) is 0. The van der Waals surface area contributed by atoms with Crippen molar-refractivity contribution in [3.63, 3.8) is 0 Å². The summed E-state index contributed by atoms with van der Waals surface area (Å²) in [5.41, 5.74) is 6.41. The molecule has 0 aliphatic heterocycles. The van der Waals surface area contributed by atoms with Crippen molar-refractivity contribution in [2.75, 3.05) is 5.73 Å². The normalized spacial score (nSPS) is 10.3. The van der Waals surface area contributed by atoms with Gasteiger partial charge in [-0.1, -0.05) is 11.8 Å². The Labute approximate surface area is 107 Å². The molecule has 0 bridgehead atoms. The molecule has 2 aromatic rings. The maximum Gasteiger partial charge on any atom is 0.115 e. The fourth-order valence-electron chi connectivity index (χ4n) is 1.24. The second kappa shape index (κ2) is 4.80. The second-order valence-corrected chi connectivity index (χ2v) is 5.26. The Morgan fingerprint density at radius 3 is 2.38 bits per heavy atom. The van der Waals surface area contributed by atoms with Gasteiger partial charge in [-0.05, 0) is 58.4 Å². The number of anilines is 1. The lowest BCUT2D eigenvalue weighted by atomic mass is 10.3. The Bertz CT molecular complexity index is 499. The summed E-state index contributed by atoms with van der Waals surface area (Å²) < 4.78 is 0.977. The fraction of sp³-hybridized carbons (Fsp3) is 0. The van der Waals surface area contributed by atoms with E-state index in [0.29, 0.717) is 0 Å². The maximum atomic E-state index is 9.18. The van der Waals surface area contributed by atoms with Crippen LogP contribution >= 0.6 is 27.7 Å². The Morgan fingerprint density at radius 2 is 1.75 bits per heavy atom. The average Bonchev–Trinajstić information content (AvgIpc) is 2.25. The summed E-state index contributed by atoms with van der Waals surface area (Å²) in [6.07, 6.45) is 0. The summed E-state index contributed by atoms with van der Waals surface area (Å²) in [4.78, 5) is 2.17. The molecule has 0 spiro atoms. The van der Waals surface area contributed by atoms with Gasteiger partial charge in [-0.2, -0.15) is 0 Å². The van der Waals surface area contributed by atoms with Crippen molar-refractivity contribution in [2.45, 2.75) is 9.79 Å². The predicted octanol–water partition coefficient (Wildman–Crippen LogP) is 3.89. The van der Waals surface area contributed by atoms with Gasteiger partial charge in [0.15, 0.2) is 0 Å². The third-order valence-corrected chi connectivity index (χ3v) is 4.02. The minimum absolute atomic E-state index is 0.278. The standard InChI is InChI=1S/C12H10BrNOS/c13-11-7-8(14)1-6-12(11)16-10-4-2-9(15)3-5-10/h1-7,15H,14H2. The largest absolute Gasteiger partial charge is 0.508 e. The predicted molar refractivity (Wildman–Crippen MR) is 70.8 cm³/mol. The summed E-state index contributed by atoms with van der Waals surface area (Å²) >= 11 is 5.09. The van der Waals surface area contributed by atoms with E-state index in [2.05, 4.69) is 15.9 Å². The maximum absolute atomic E-state index is 9.18. The van der Waals surface area contributed by atoms with Crippen molar-refractivity contribution in [3.8, 4) is 5.75 Å². The molecule has 0 aromatic heterocycles. The molecule has 0 radical (unpaired) electrons. The smallest absolute Gasteiger partial charge is 0.115 e. The summed E-state index contributed by atoms with van der Waals surface area (Å²) in [6, 6.07) is 12.8. The van der Waals surface area contributed by atoms with Crippen LogP contribution in [0.4, 0.5) is 5.69 Å². The first-order valence-electron chi connectivity index (χ1n) is 4.67. The molecule has 0 aliphatic carbocycles. The monoisotopic (exact) mass is 295 g/mol. The van der Waals surface area contributed by atoms with Crippen molar-refractivity contribution >= 4 is 33.4 Å². The molecule has 0 saturated heterocycles. The zero-order chi connectivity index (χ0) is 11.5. The van der Waals surface area contributed by atoms with Gasteiger partial charge >= 0.3 is 0 Å². The van der Waals surface area contributed by atoms with Crippen LogP contribution in [0.3, 0.4) is 0 Å². The van der Waals surface area contributed by atoms with Crippen LogP contribution in [0.15, 0.2) is 56.7 Å². The molecule has 3 N–H and O–H groups in total. The number of nitrogen functional groups attached to an aromatic ring is 1. The first-order chi connectivity index (χ1) is 7.65. The fourth-order valence-corrected chi connectivity index (χ4v) is 2.70. The van der Waals surface area contributed by atoms with Crippen molar-refractivity contribution in [1.82, 2.24) is 0 Å². The molecule has 82 valence electrons. The van der Waals surface area contributed by atoms with Crippen LogP contribution in [0.2, 0.25) is 0 Å². The van der Waals surface area contributed by atoms with E-state index in [4.69, 9.17) is 5.73 Å². The van der Waals surface area contributed by atoms with Crippen LogP contribution in [-0.4, -0.2) is 5.11 Å². The summed E-state index contributed by atoms with van der Waals surface area (Å²) in [7, 11) is 0. The Balaban J connectivity index is 2.23. The molecule has 4 heteroatoms. The van der Waals surface area contributed by atoms with Gasteiger partial charge in [0.2, 0.25) is 0 Å². The molecule has 2 aromatic carbocycles. The van der Waals surface area contributed by atoms with Gasteiger partial charge in [0.05, 0.1) is 0 Å². The summed E-state index contributed by atoms with van der Waals surface area (Å²) in [5.74, 6) is 0.278. The number of nitrogens with two attached hydrogens (primary N) is 1. The van der Waals surface area contributed by atoms with Gasteiger partial charge in [0, 0.05) is 20.0 Å². The molecule has 0 unspecified atom stereocenters. The molecule has 0 atom stereocenters. The highest BCUT2D eigenvalue weighted by atomic mass is 79.9. The van der Waals surface area contributed by atoms with E-state index in [0.717, 1.165) is 20.0 Å². The van der Waals surface area contributed by atoms with E-state index < -0.39 is 0 Å². The first kappa shape index (κ1) is 11.4. The highest BCUT2D eigenvalue weighted by Crippen LogP contribution is 2.34. The van der Waals surface area contributed by atoms with E-state index in [9.17, 15) is 5.11 Å². The lowest BCUT2D eigenvalue weighted by Crippen LogP contribution is -1.84. The zero-order valence-electron chi connectivity index (χ0n) is 8.35. The van der Waals surface area contributed by atoms with E-state index in [1.54, 1.807) is 23.9 Å². The molecule has 0 aliphatic rings. The van der Waals surface area contributed by atoms with Crippen molar-refractivity contribution in [1.29, 1.82) is 0 Å². The van der Waals surface area contributed by atoms with Gasteiger partial charge in [-0.25, -0.2) is 0 Å². The van der Waals surface area contributed by atoms with Crippen molar-refractivity contribution in [2.24, 2.45) is 0 Å². The molecule has 0 heterocycles. The van der Waals surface area contributed by atoms with Crippen LogP contribution in [0.25, 0.3) is 0 Å². The van der Waals surface area contributed by atoms with E-state index in [-0.39, 0.29) is 5.75 Å². The minimum atomic E-state index is 0.278. The van der Waals surface area contributed by atoms with Crippen LogP contribution < -0.4 is 5.73 Å². The second-order valence-electron chi connectivity index (χ2n) is 3.29. The zero-order valence-corrected chi connectivity index (χ0v) is 10.8. The number of rotatable bonds is 2. The molecular formula is C12H10BrNOS. The lowest BCUT2D eigenvalue weighted by molar-refractivity contribution is 0.475. The van der Waals surface area contributed by atoms with Gasteiger partial charge in [0.25, 0.3) is 0 Å². The van der Waals surface area contributed by atoms with Gasteiger partial charge in [-0.3, -0.25) is 0 Å². The SMILES string of the molecule is Nc1ccc(Sc2ccc(O)cc2)c(Br)c1. The number of halogens is 1. The number of aromatic hydroxyl groups is 1. The third-order valence-electron chi connectivity index (χ3n) is 2.02.